The molecule has 2 amide bonds. The quantitative estimate of drug-likeness (QED) is 0.727. The zero-order valence-electron chi connectivity index (χ0n) is 16.1. The summed E-state index contributed by atoms with van der Waals surface area (Å²) in [5.74, 6) is 0.808. The molecule has 27 heavy (non-hydrogen) atoms. The van der Waals surface area contributed by atoms with Crippen LogP contribution < -0.4 is 5.32 Å². The van der Waals surface area contributed by atoms with Crippen LogP contribution >= 0.6 is 0 Å². The van der Waals surface area contributed by atoms with Crippen LogP contribution in [0.15, 0.2) is 30.5 Å². The number of nitrogens with one attached hydrogen (secondary N) is 2. The summed E-state index contributed by atoms with van der Waals surface area (Å²) < 4.78 is 0. The molecule has 1 saturated heterocycles. The molecular weight excluding hydrogens is 342 g/mol. The highest BCUT2D eigenvalue weighted by molar-refractivity contribution is 5.74. The maximum Gasteiger partial charge on any atom is 0.318 e. The molecule has 1 aliphatic heterocycles. The number of aryl methyl sites for hydroxylation is 1. The molecule has 0 saturated carbocycles. The molecule has 0 aliphatic carbocycles. The largest absolute Gasteiger partial charge is 0.392 e. The molecule has 1 aromatic carbocycles. The average molecular weight is 371 g/mol. The highest BCUT2D eigenvalue weighted by Gasteiger charge is 2.24. The van der Waals surface area contributed by atoms with Gasteiger partial charge in [-0.2, -0.15) is 0 Å². The van der Waals surface area contributed by atoms with Crippen LogP contribution in [-0.4, -0.2) is 57.1 Å². The van der Waals surface area contributed by atoms with E-state index in [0.717, 1.165) is 48.7 Å². The first-order valence-electron chi connectivity index (χ1n) is 9.57. The summed E-state index contributed by atoms with van der Waals surface area (Å²) in [7, 11) is 0. The van der Waals surface area contributed by atoms with Crippen LogP contribution in [0, 0.1) is 6.92 Å². The number of hydrogen-bond acceptors (Lipinski definition) is 4. The Labute approximate surface area is 160 Å². The van der Waals surface area contributed by atoms with Gasteiger partial charge in [-0.05, 0) is 24.5 Å². The van der Waals surface area contributed by atoms with Crippen LogP contribution in [0.2, 0.25) is 0 Å². The van der Waals surface area contributed by atoms with E-state index in [0.29, 0.717) is 13.1 Å². The molecular formula is C20H29N5O2. The second-order valence-corrected chi connectivity index (χ2v) is 7.05. The van der Waals surface area contributed by atoms with Crippen molar-refractivity contribution in [3.05, 3.63) is 53.1 Å². The Bertz CT molecular complexity index is 752. The summed E-state index contributed by atoms with van der Waals surface area (Å²) in [6.45, 7) is 7.90. The standard InChI is InChI=1S/C20H29N5O2/c1-3-18(19-21-12-15(2)22-19)23-20(27)25-10-8-24(9-11-25)13-16-6-4-5-7-17(16)14-26/h4-7,12,18,26H,3,8-11,13-14H2,1-2H3,(H,21,22)(H,23,27)/t18-/m0/s1. The number of urea groups is 1. The summed E-state index contributed by atoms with van der Waals surface area (Å²) in [4.78, 5) is 24.4. The zero-order chi connectivity index (χ0) is 19.2. The van der Waals surface area contributed by atoms with Crippen molar-refractivity contribution in [1.82, 2.24) is 25.1 Å². The minimum absolute atomic E-state index is 0.0358. The lowest BCUT2D eigenvalue weighted by molar-refractivity contribution is 0.132. The molecule has 2 heterocycles. The fourth-order valence-electron chi connectivity index (χ4n) is 3.43. The maximum absolute atomic E-state index is 12.6. The van der Waals surface area contributed by atoms with E-state index in [1.165, 1.54) is 0 Å². The smallest absolute Gasteiger partial charge is 0.318 e. The summed E-state index contributed by atoms with van der Waals surface area (Å²) in [6, 6.07) is 7.83. The molecule has 7 nitrogen and oxygen atoms in total. The van der Waals surface area contributed by atoms with Gasteiger partial charge in [0.2, 0.25) is 0 Å². The fourth-order valence-corrected chi connectivity index (χ4v) is 3.43. The van der Waals surface area contributed by atoms with E-state index in [2.05, 4.69) is 26.3 Å². The third-order valence-electron chi connectivity index (χ3n) is 5.10. The molecule has 0 spiro atoms. The number of carbonyl (C=O) groups excluding carboxylic acids is 1. The summed E-state index contributed by atoms with van der Waals surface area (Å²) in [5, 5.41) is 12.6. The van der Waals surface area contributed by atoms with E-state index >= 15 is 0 Å². The van der Waals surface area contributed by atoms with Crippen molar-refractivity contribution >= 4 is 6.03 Å². The molecule has 3 rings (SSSR count). The van der Waals surface area contributed by atoms with Gasteiger partial charge in [-0.3, -0.25) is 4.90 Å². The van der Waals surface area contributed by atoms with Gasteiger partial charge in [-0.1, -0.05) is 31.2 Å². The molecule has 7 heteroatoms. The normalized spacial score (nSPS) is 16.3. The van der Waals surface area contributed by atoms with Crippen LogP contribution in [0.3, 0.4) is 0 Å². The Balaban J connectivity index is 1.51. The van der Waals surface area contributed by atoms with Gasteiger partial charge in [0, 0.05) is 44.6 Å². The van der Waals surface area contributed by atoms with E-state index < -0.39 is 0 Å². The Morgan fingerprint density at radius 2 is 1.96 bits per heavy atom. The van der Waals surface area contributed by atoms with Gasteiger partial charge in [-0.25, -0.2) is 9.78 Å². The minimum Gasteiger partial charge on any atom is -0.392 e. The van der Waals surface area contributed by atoms with Gasteiger partial charge in [0.05, 0.1) is 12.6 Å². The monoisotopic (exact) mass is 371 g/mol. The molecule has 0 unspecified atom stereocenters. The number of aliphatic hydroxyl groups is 1. The zero-order valence-corrected chi connectivity index (χ0v) is 16.1. The number of H-pyrrole nitrogens is 1. The van der Waals surface area contributed by atoms with Crippen molar-refractivity contribution in [2.75, 3.05) is 26.2 Å². The number of carbonyl (C=O) groups is 1. The summed E-state index contributed by atoms with van der Waals surface area (Å²) in [5.41, 5.74) is 3.11. The van der Waals surface area contributed by atoms with Crippen molar-refractivity contribution in [2.45, 2.75) is 39.5 Å². The van der Waals surface area contributed by atoms with Gasteiger partial charge in [0.25, 0.3) is 0 Å². The molecule has 1 fully saturated rings. The van der Waals surface area contributed by atoms with E-state index in [9.17, 15) is 9.90 Å². The van der Waals surface area contributed by atoms with Crippen LogP contribution in [0.4, 0.5) is 4.79 Å². The molecule has 2 aromatic rings. The first-order valence-corrected chi connectivity index (χ1v) is 9.57. The van der Waals surface area contributed by atoms with E-state index in [1.54, 1.807) is 6.20 Å². The number of piperazine rings is 1. The number of hydrogen-bond donors (Lipinski definition) is 3. The van der Waals surface area contributed by atoms with Crippen molar-refractivity contribution in [2.24, 2.45) is 0 Å². The number of imidazole rings is 1. The number of nitrogens with zero attached hydrogens (tertiary/aromatic N) is 3. The van der Waals surface area contributed by atoms with Crippen molar-refractivity contribution in [1.29, 1.82) is 0 Å². The lowest BCUT2D eigenvalue weighted by Crippen LogP contribution is -2.52. The Morgan fingerprint density at radius 1 is 1.26 bits per heavy atom. The van der Waals surface area contributed by atoms with Gasteiger partial charge in [0.1, 0.15) is 5.82 Å². The number of amides is 2. The molecule has 1 aromatic heterocycles. The molecule has 3 N–H and O–H groups in total. The molecule has 0 radical (unpaired) electrons. The second kappa shape index (κ2) is 9.01. The first-order chi connectivity index (χ1) is 13.1. The number of rotatable bonds is 6. The predicted octanol–water partition coefficient (Wildman–Crippen LogP) is 2.19. The van der Waals surface area contributed by atoms with Gasteiger partial charge in [-0.15, -0.1) is 0 Å². The maximum atomic E-state index is 12.6. The van der Waals surface area contributed by atoms with Crippen LogP contribution in [0.1, 0.15) is 42.0 Å². The Morgan fingerprint density at radius 3 is 2.56 bits per heavy atom. The number of aliphatic hydroxyl groups excluding tert-OH is 1. The molecule has 1 aliphatic rings. The number of benzene rings is 1. The molecule has 1 atom stereocenters. The van der Waals surface area contributed by atoms with Crippen molar-refractivity contribution in [3.8, 4) is 0 Å². The molecule has 0 bridgehead atoms. The van der Waals surface area contributed by atoms with Gasteiger partial charge >= 0.3 is 6.03 Å². The van der Waals surface area contributed by atoms with Crippen LogP contribution in [0.5, 0.6) is 0 Å². The summed E-state index contributed by atoms with van der Waals surface area (Å²) in [6.07, 6.45) is 2.57. The predicted molar refractivity (Wildman–Crippen MR) is 104 cm³/mol. The van der Waals surface area contributed by atoms with Crippen molar-refractivity contribution < 1.29 is 9.90 Å². The van der Waals surface area contributed by atoms with Crippen LogP contribution in [-0.2, 0) is 13.2 Å². The van der Waals surface area contributed by atoms with Gasteiger partial charge in [0.15, 0.2) is 0 Å². The first kappa shape index (κ1) is 19.4. The number of aromatic amines is 1. The highest BCUT2D eigenvalue weighted by atomic mass is 16.3. The topological polar surface area (TPSA) is 84.5 Å². The SMILES string of the molecule is CC[C@H](NC(=O)N1CCN(Cc2ccccc2CO)CC1)c1ncc(C)[nH]1. The fraction of sp³-hybridized carbons (Fsp3) is 0.500. The lowest BCUT2D eigenvalue weighted by atomic mass is 10.1. The van der Waals surface area contributed by atoms with E-state index in [-0.39, 0.29) is 18.7 Å². The molecule has 146 valence electrons. The van der Waals surface area contributed by atoms with Gasteiger partial charge < -0.3 is 20.3 Å². The average Bonchev–Trinajstić information content (AvgIpc) is 3.13. The van der Waals surface area contributed by atoms with E-state index in [1.807, 2.05) is 36.9 Å². The third-order valence-corrected chi connectivity index (χ3v) is 5.10. The van der Waals surface area contributed by atoms with E-state index in [4.69, 9.17) is 0 Å². The Hall–Kier alpha value is -2.38. The van der Waals surface area contributed by atoms with Crippen molar-refractivity contribution in [3.63, 3.8) is 0 Å². The third kappa shape index (κ3) is 4.87. The lowest BCUT2D eigenvalue weighted by Gasteiger charge is -2.35. The Kier molecular flexibility index (Phi) is 6.47. The second-order valence-electron chi connectivity index (χ2n) is 7.05. The minimum atomic E-state index is -0.0966. The summed E-state index contributed by atoms with van der Waals surface area (Å²) >= 11 is 0. The van der Waals surface area contributed by atoms with Crippen LogP contribution in [0.25, 0.3) is 0 Å². The highest BCUT2D eigenvalue weighted by Crippen LogP contribution is 2.16. The number of aromatic nitrogens is 2.